The first-order valence-electron chi connectivity index (χ1n) is 11.0. The Kier molecular flexibility index (Phi) is 7.04. The zero-order valence-corrected chi connectivity index (χ0v) is 18.2. The molecule has 2 atom stereocenters. The van der Waals surface area contributed by atoms with Gasteiger partial charge in [0.05, 0.1) is 30.8 Å². The Morgan fingerprint density at radius 2 is 2.03 bits per heavy atom. The van der Waals surface area contributed by atoms with Crippen LogP contribution in [0.1, 0.15) is 76.5 Å². The van der Waals surface area contributed by atoms with E-state index in [1.54, 1.807) is 23.1 Å². The number of fused-ring (bicyclic) bond motifs is 1. The summed E-state index contributed by atoms with van der Waals surface area (Å²) in [5, 5.41) is 20.7. The Balaban J connectivity index is 1.85. The van der Waals surface area contributed by atoms with Crippen molar-refractivity contribution >= 4 is 5.91 Å². The maximum Gasteiger partial charge on any atom is 0.251 e. The lowest BCUT2D eigenvalue weighted by Gasteiger charge is -2.48. The number of unbranched alkanes of at least 4 members (excludes halogenated alkanes) is 3. The molecular weight excluding hydrogens is 380 g/mol. The number of benzene rings is 1. The second kappa shape index (κ2) is 9.53. The standard InChI is InChI=1S/C24H32N2O4/c1-4-7-8-9-12-29-18-14-21(27)26(16-18)22-19-13-17(15-25)10-11-20(19)30-24(5-2,6-3)23(22)28/h10-11,13-14,22-23,28H,4-9,12,16H2,1-3H3/t22-,23+/m1/s1. The van der Waals surface area contributed by atoms with Gasteiger partial charge in [-0.25, -0.2) is 0 Å². The fourth-order valence-corrected chi connectivity index (χ4v) is 4.40. The second-order valence-electron chi connectivity index (χ2n) is 8.11. The molecule has 6 nitrogen and oxygen atoms in total. The SMILES string of the molecule is CCCCCCOC1=CC(=O)N([C@@H]2c3cc(C#N)ccc3OC(CC)(CC)[C@H]2O)C1. The van der Waals surface area contributed by atoms with Crippen LogP contribution in [0.4, 0.5) is 0 Å². The third kappa shape index (κ3) is 4.17. The number of amides is 1. The first kappa shape index (κ1) is 22.2. The van der Waals surface area contributed by atoms with Crippen molar-refractivity contribution in [2.75, 3.05) is 13.2 Å². The number of carbonyl (C=O) groups is 1. The number of nitriles is 1. The minimum absolute atomic E-state index is 0.182. The van der Waals surface area contributed by atoms with Crippen LogP contribution in [-0.2, 0) is 9.53 Å². The van der Waals surface area contributed by atoms with Crippen molar-refractivity contribution in [3.63, 3.8) is 0 Å². The molecule has 1 aromatic carbocycles. The summed E-state index contributed by atoms with van der Waals surface area (Å²) >= 11 is 0. The molecule has 0 saturated heterocycles. The van der Waals surface area contributed by atoms with E-state index in [-0.39, 0.29) is 5.91 Å². The fourth-order valence-electron chi connectivity index (χ4n) is 4.40. The van der Waals surface area contributed by atoms with E-state index in [0.29, 0.717) is 48.6 Å². The van der Waals surface area contributed by atoms with Crippen LogP contribution in [0.5, 0.6) is 5.75 Å². The summed E-state index contributed by atoms with van der Waals surface area (Å²) in [5.74, 6) is 1.07. The van der Waals surface area contributed by atoms with Gasteiger partial charge in [0, 0.05) is 11.6 Å². The molecule has 0 spiro atoms. The summed E-state index contributed by atoms with van der Waals surface area (Å²) < 4.78 is 12.1. The van der Waals surface area contributed by atoms with Crippen LogP contribution >= 0.6 is 0 Å². The van der Waals surface area contributed by atoms with Crippen LogP contribution < -0.4 is 4.74 Å². The number of hydrogen-bond acceptors (Lipinski definition) is 5. The van der Waals surface area contributed by atoms with Crippen molar-refractivity contribution in [2.24, 2.45) is 0 Å². The molecule has 0 saturated carbocycles. The van der Waals surface area contributed by atoms with Crippen molar-refractivity contribution in [1.29, 1.82) is 5.26 Å². The van der Waals surface area contributed by atoms with E-state index in [0.717, 1.165) is 19.3 Å². The molecular formula is C24H32N2O4. The lowest BCUT2D eigenvalue weighted by atomic mass is 9.79. The summed E-state index contributed by atoms with van der Waals surface area (Å²) in [5.41, 5.74) is 0.364. The average Bonchev–Trinajstić information content (AvgIpc) is 3.12. The molecule has 0 unspecified atom stereocenters. The molecule has 30 heavy (non-hydrogen) atoms. The molecule has 162 valence electrons. The van der Waals surface area contributed by atoms with E-state index in [1.807, 2.05) is 13.8 Å². The van der Waals surface area contributed by atoms with Crippen LogP contribution in [0.3, 0.4) is 0 Å². The lowest BCUT2D eigenvalue weighted by Crippen LogP contribution is -2.56. The summed E-state index contributed by atoms with van der Waals surface area (Å²) in [7, 11) is 0. The Morgan fingerprint density at radius 1 is 1.27 bits per heavy atom. The Labute approximate surface area is 179 Å². The molecule has 0 radical (unpaired) electrons. The highest BCUT2D eigenvalue weighted by Gasteiger charge is 2.51. The fraction of sp³-hybridized carbons (Fsp3) is 0.583. The van der Waals surface area contributed by atoms with E-state index in [9.17, 15) is 15.2 Å². The number of hydrogen-bond donors (Lipinski definition) is 1. The van der Waals surface area contributed by atoms with Crippen molar-refractivity contribution < 1.29 is 19.4 Å². The minimum Gasteiger partial charge on any atom is -0.496 e. The maximum absolute atomic E-state index is 12.9. The monoisotopic (exact) mass is 412 g/mol. The van der Waals surface area contributed by atoms with E-state index >= 15 is 0 Å². The topological polar surface area (TPSA) is 82.8 Å². The van der Waals surface area contributed by atoms with Gasteiger partial charge in [0.15, 0.2) is 0 Å². The molecule has 3 rings (SSSR count). The van der Waals surface area contributed by atoms with Gasteiger partial charge < -0.3 is 19.5 Å². The van der Waals surface area contributed by atoms with Crippen molar-refractivity contribution in [3.8, 4) is 11.8 Å². The van der Waals surface area contributed by atoms with Gasteiger partial charge in [-0.3, -0.25) is 4.79 Å². The first-order valence-corrected chi connectivity index (χ1v) is 11.0. The highest BCUT2D eigenvalue weighted by Crippen LogP contribution is 2.46. The Hall–Kier alpha value is -2.52. The number of ether oxygens (including phenoxy) is 2. The van der Waals surface area contributed by atoms with Gasteiger partial charge in [-0.2, -0.15) is 5.26 Å². The van der Waals surface area contributed by atoms with Crippen LogP contribution in [0, 0.1) is 11.3 Å². The zero-order chi connectivity index (χ0) is 21.7. The highest BCUT2D eigenvalue weighted by molar-refractivity contribution is 5.91. The van der Waals surface area contributed by atoms with Gasteiger partial charge in [0.2, 0.25) is 0 Å². The maximum atomic E-state index is 12.9. The molecule has 1 amide bonds. The Morgan fingerprint density at radius 3 is 2.70 bits per heavy atom. The van der Waals surface area contributed by atoms with Crippen molar-refractivity contribution in [2.45, 2.75) is 77.0 Å². The average molecular weight is 413 g/mol. The number of carbonyl (C=O) groups excluding carboxylic acids is 1. The van der Waals surface area contributed by atoms with Crippen LogP contribution in [-0.4, -0.2) is 40.8 Å². The molecule has 0 aliphatic carbocycles. The number of nitrogens with zero attached hydrogens (tertiary/aromatic N) is 2. The molecule has 2 aliphatic rings. The molecule has 6 heteroatoms. The normalized spacial score (nSPS) is 22.2. The van der Waals surface area contributed by atoms with Crippen LogP contribution in [0.25, 0.3) is 0 Å². The summed E-state index contributed by atoms with van der Waals surface area (Å²) in [6, 6.07) is 6.74. The summed E-state index contributed by atoms with van der Waals surface area (Å²) in [6.07, 6.45) is 6.24. The van der Waals surface area contributed by atoms with E-state index in [1.165, 1.54) is 12.5 Å². The molecule has 0 fully saturated rings. The molecule has 0 aromatic heterocycles. The van der Waals surface area contributed by atoms with Gasteiger partial charge in [0.1, 0.15) is 23.2 Å². The summed E-state index contributed by atoms with van der Waals surface area (Å²) in [4.78, 5) is 14.5. The molecule has 1 aromatic rings. The predicted octanol–water partition coefficient (Wildman–Crippen LogP) is 4.23. The third-order valence-electron chi connectivity index (χ3n) is 6.32. The zero-order valence-electron chi connectivity index (χ0n) is 18.2. The minimum atomic E-state index is -0.907. The van der Waals surface area contributed by atoms with Gasteiger partial charge in [0.25, 0.3) is 5.91 Å². The van der Waals surface area contributed by atoms with Gasteiger partial charge >= 0.3 is 0 Å². The quantitative estimate of drug-likeness (QED) is 0.614. The number of rotatable bonds is 9. The third-order valence-corrected chi connectivity index (χ3v) is 6.32. The van der Waals surface area contributed by atoms with E-state index in [4.69, 9.17) is 9.47 Å². The number of aliphatic hydroxyl groups is 1. The van der Waals surface area contributed by atoms with E-state index < -0.39 is 17.7 Å². The Bertz CT molecular complexity index is 838. The second-order valence-corrected chi connectivity index (χ2v) is 8.11. The van der Waals surface area contributed by atoms with Gasteiger partial charge in [-0.1, -0.05) is 40.0 Å². The molecule has 2 aliphatic heterocycles. The highest BCUT2D eigenvalue weighted by atomic mass is 16.5. The van der Waals surface area contributed by atoms with Crippen molar-refractivity contribution in [1.82, 2.24) is 4.90 Å². The predicted molar refractivity (Wildman–Crippen MR) is 114 cm³/mol. The van der Waals surface area contributed by atoms with Crippen LogP contribution in [0.15, 0.2) is 30.0 Å². The molecule has 2 heterocycles. The van der Waals surface area contributed by atoms with Gasteiger partial charge in [-0.05, 0) is 37.5 Å². The molecule has 1 N–H and O–H groups in total. The number of aliphatic hydroxyl groups excluding tert-OH is 1. The summed E-state index contributed by atoms with van der Waals surface area (Å²) in [6.45, 7) is 7.03. The smallest absolute Gasteiger partial charge is 0.251 e. The molecule has 0 bridgehead atoms. The van der Waals surface area contributed by atoms with Gasteiger partial charge in [-0.15, -0.1) is 0 Å². The van der Waals surface area contributed by atoms with Crippen LogP contribution in [0.2, 0.25) is 0 Å². The largest absolute Gasteiger partial charge is 0.496 e. The van der Waals surface area contributed by atoms with E-state index in [2.05, 4.69) is 13.0 Å². The van der Waals surface area contributed by atoms with Crippen molar-refractivity contribution in [3.05, 3.63) is 41.2 Å². The first-order chi connectivity index (χ1) is 14.5. The lowest BCUT2D eigenvalue weighted by molar-refractivity contribution is -0.142.